The van der Waals surface area contributed by atoms with Crippen molar-refractivity contribution in [1.29, 1.82) is 5.26 Å². The zero-order valence-electron chi connectivity index (χ0n) is 11.3. The van der Waals surface area contributed by atoms with Gasteiger partial charge in [-0.3, -0.25) is 0 Å². The van der Waals surface area contributed by atoms with Gasteiger partial charge in [0.25, 0.3) is 0 Å². The molecule has 3 rings (SSSR count). The number of rotatable bonds is 3. The molecule has 0 saturated heterocycles. The molecule has 1 aliphatic rings. The van der Waals surface area contributed by atoms with E-state index in [9.17, 15) is 13.2 Å². The van der Waals surface area contributed by atoms with E-state index in [1.807, 2.05) is 0 Å². The standard InChI is InChI=1S/C15H10F3N3S/c16-15(17,18)12-7-11(4-3-10(12)8-19)22-13-5-6-20-14(21-13)9-1-2-9/h3-7,9H,1-2H2. The Labute approximate surface area is 129 Å². The fraction of sp³-hybridized carbons (Fsp3) is 0.267. The number of hydrogen-bond donors (Lipinski definition) is 0. The molecular formula is C15H10F3N3S. The van der Waals surface area contributed by atoms with Crippen molar-refractivity contribution in [3.63, 3.8) is 0 Å². The first-order valence-corrected chi connectivity index (χ1v) is 7.41. The normalized spacial score (nSPS) is 14.6. The second-order valence-electron chi connectivity index (χ2n) is 4.95. The van der Waals surface area contributed by atoms with Gasteiger partial charge in [0.05, 0.1) is 17.2 Å². The summed E-state index contributed by atoms with van der Waals surface area (Å²) in [6.45, 7) is 0. The summed E-state index contributed by atoms with van der Waals surface area (Å²) in [6, 6.07) is 6.91. The van der Waals surface area contributed by atoms with Crippen molar-refractivity contribution < 1.29 is 13.2 Å². The number of benzene rings is 1. The molecule has 1 heterocycles. The van der Waals surface area contributed by atoms with E-state index in [-0.39, 0.29) is 5.56 Å². The summed E-state index contributed by atoms with van der Waals surface area (Å²) in [5.74, 6) is 1.13. The molecule has 22 heavy (non-hydrogen) atoms. The SMILES string of the molecule is N#Cc1ccc(Sc2ccnc(C3CC3)n2)cc1C(F)(F)F. The van der Waals surface area contributed by atoms with E-state index < -0.39 is 11.7 Å². The van der Waals surface area contributed by atoms with Gasteiger partial charge in [-0.2, -0.15) is 18.4 Å². The summed E-state index contributed by atoms with van der Waals surface area (Å²) in [5.41, 5.74) is -1.30. The number of aromatic nitrogens is 2. The molecule has 3 nitrogen and oxygen atoms in total. The summed E-state index contributed by atoms with van der Waals surface area (Å²) in [5, 5.41) is 9.40. The number of halogens is 3. The van der Waals surface area contributed by atoms with E-state index in [0.29, 0.717) is 15.8 Å². The monoisotopic (exact) mass is 321 g/mol. The maximum Gasteiger partial charge on any atom is 0.417 e. The van der Waals surface area contributed by atoms with E-state index in [1.54, 1.807) is 18.3 Å². The first kappa shape index (κ1) is 14.9. The van der Waals surface area contributed by atoms with Crippen molar-refractivity contribution in [2.45, 2.75) is 34.9 Å². The maximum absolute atomic E-state index is 12.9. The average molecular weight is 321 g/mol. The Hall–Kier alpha value is -2.07. The highest BCUT2D eigenvalue weighted by Crippen LogP contribution is 2.39. The van der Waals surface area contributed by atoms with Gasteiger partial charge in [-0.05, 0) is 37.1 Å². The lowest BCUT2D eigenvalue weighted by Gasteiger charge is -2.10. The molecule has 1 aromatic carbocycles. The molecular weight excluding hydrogens is 311 g/mol. The summed E-state index contributed by atoms with van der Waals surface area (Å²) < 4.78 is 38.8. The van der Waals surface area contributed by atoms with Crippen LogP contribution in [0.5, 0.6) is 0 Å². The maximum atomic E-state index is 12.9. The number of hydrogen-bond acceptors (Lipinski definition) is 4. The molecule has 0 bridgehead atoms. The van der Waals surface area contributed by atoms with E-state index in [0.717, 1.165) is 36.5 Å². The topological polar surface area (TPSA) is 49.6 Å². The van der Waals surface area contributed by atoms with Gasteiger partial charge in [-0.1, -0.05) is 11.8 Å². The van der Waals surface area contributed by atoms with Crippen LogP contribution in [-0.4, -0.2) is 9.97 Å². The molecule has 0 atom stereocenters. The van der Waals surface area contributed by atoms with E-state index in [1.165, 1.54) is 12.1 Å². The van der Waals surface area contributed by atoms with Crippen LogP contribution in [-0.2, 0) is 6.18 Å². The minimum absolute atomic E-state index is 0.377. The Morgan fingerprint density at radius 3 is 2.64 bits per heavy atom. The van der Waals surface area contributed by atoms with Crippen LogP contribution in [0.1, 0.15) is 35.7 Å². The number of nitrogens with zero attached hydrogens (tertiary/aromatic N) is 3. The van der Waals surface area contributed by atoms with Crippen LogP contribution in [0.4, 0.5) is 13.2 Å². The lowest BCUT2D eigenvalue weighted by molar-refractivity contribution is -0.137. The lowest BCUT2D eigenvalue weighted by atomic mass is 10.1. The summed E-state index contributed by atoms with van der Waals surface area (Å²) in [7, 11) is 0. The quantitative estimate of drug-likeness (QED) is 0.786. The Morgan fingerprint density at radius 1 is 1.23 bits per heavy atom. The first-order chi connectivity index (χ1) is 10.5. The smallest absolute Gasteiger partial charge is 0.241 e. The van der Waals surface area contributed by atoms with E-state index in [2.05, 4.69) is 9.97 Å². The zero-order valence-corrected chi connectivity index (χ0v) is 12.1. The average Bonchev–Trinajstić information content (AvgIpc) is 3.31. The molecule has 1 fully saturated rings. The zero-order chi connectivity index (χ0) is 15.7. The third-order valence-electron chi connectivity index (χ3n) is 3.23. The highest BCUT2D eigenvalue weighted by atomic mass is 32.2. The Bertz CT molecular complexity index is 748. The molecule has 1 saturated carbocycles. The van der Waals surface area contributed by atoms with Gasteiger partial charge in [0, 0.05) is 17.0 Å². The van der Waals surface area contributed by atoms with Gasteiger partial charge < -0.3 is 0 Å². The molecule has 7 heteroatoms. The van der Waals surface area contributed by atoms with Gasteiger partial charge >= 0.3 is 6.18 Å². The third-order valence-corrected chi connectivity index (χ3v) is 4.16. The minimum Gasteiger partial charge on any atom is -0.241 e. The predicted molar refractivity (Wildman–Crippen MR) is 74.3 cm³/mol. The van der Waals surface area contributed by atoms with E-state index in [4.69, 9.17) is 5.26 Å². The molecule has 1 aliphatic carbocycles. The van der Waals surface area contributed by atoms with Crippen molar-refractivity contribution in [3.8, 4) is 6.07 Å². The molecule has 0 aliphatic heterocycles. The second kappa shape index (κ2) is 5.61. The molecule has 112 valence electrons. The number of alkyl halides is 3. The van der Waals surface area contributed by atoms with Crippen molar-refractivity contribution in [2.24, 2.45) is 0 Å². The number of nitriles is 1. The van der Waals surface area contributed by atoms with Crippen LogP contribution in [0.3, 0.4) is 0 Å². The molecule has 0 N–H and O–H groups in total. The first-order valence-electron chi connectivity index (χ1n) is 6.59. The summed E-state index contributed by atoms with van der Waals surface area (Å²) in [4.78, 5) is 8.94. The van der Waals surface area contributed by atoms with E-state index >= 15 is 0 Å². The van der Waals surface area contributed by atoms with Crippen molar-refractivity contribution in [1.82, 2.24) is 9.97 Å². The van der Waals surface area contributed by atoms with Crippen LogP contribution in [0.15, 0.2) is 40.4 Å². The Morgan fingerprint density at radius 2 is 2.00 bits per heavy atom. The summed E-state index contributed by atoms with van der Waals surface area (Å²) in [6.07, 6.45) is -0.809. The van der Waals surface area contributed by atoms with Gasteiger partial charge in [-0.25, -0.2) is 9.97 Å². The van der Waals surface area contributed by atoms with Gasteiger partial charge in [-0.15, -0.1) is 0 Å². The second-order valence-corrected chi connectivity index (χ2v) is 6.04. The molecule has 2 aromatic rings. The van der Waals surface area contributed by atoms with Gasteiger partial charge in [0.2, 0.25) is 0 Å². The summed E-state index contributed by atoms with van der Waals surface area (Å²) >= 11 is 1.14. The highest BCUT2D eigenvalue weighted by Gasteiger charge is 2.34. The van der Waals surface area contributed by atoms with Crippen LogP contribution >= 0.6 is 11.8 Å². The molecule has 0 radical (unpaired) electrons. The van der Waals surface area contributed by atoms with Gasteiger partial charge in [0.1, 0.15) is 10.9 Å². The molecule has 1 aromatic heterocycles. The lowest BCUT2D eigenvalue weighted by Crippen LogP contribution is -2.07. The Balaban J connectivity index is 1.89. The molecule has 0 amide bonds. The largest absolute Gasteiger partial charge is 0.417 e. The van der Waals surface area contributed by atoms with Crippen LogP contribution in [0, 0.1) is 11.3 Å². The van der Waals surface area contributed by atoms with Crippen LogP contribution < -0.4 is 0 Å². The molecule has 0 unspecified atom stereocenters. The third kappa shape index (κ3) is 3.22. The van der Waals surface area contributed by atoms with Gasteiger partial charge in [0.15, 0.2) is 0 Å². The minimum atomic E-state index is -4.55. The van der Waals surface area contributed by atoms with Crippen LogP contribution in [0.2, 0.25) is 0 Å². The van der Waals surface area contributed by atoms with Crippen molar-refractivity contribution in [2.75, 3.05) is 0 Å². The fourth-order valence-electron chi connectivity index (χ4n) is 1.99. The predicted octanol–water partition coefficient (Wildman–Crippen LogP) is 4.40. The van der Waals surface area contributed by atoms with Crippen LogP contribution in [0.25, 0.3) is 0 Å². The van der Waals surface area contributed by atoms with Crippen molar-refractivity contribution in [3.05, 3.63) is 47.4 Å². The fourth-order valence-corrected chi connectivity index (χ4v) is 2.81. The molecule has 0 spiro atoms. The van der Waals surface area contributed by atoms with Crippen molar-refractivity contribution >= 4 is 11.8 Å². The Kier molecular flexibility index (Phi) is 3.79. The highest BCUT2D eigenvalue weighted by molar-refractivity contribution is 7.99.